The zero-order valence-electron chi connectivity index (χ0n) is 18.3. The third-order valence-corrected chi connectivity index (χ3v) is 5.63. The second-order valence-corrected chi connectivity index (χ2v) is 8.17. The Bertz CT molecular complexity index is 1090. The SMILES string of the molecule is O=C(Cc1ccc(Oc2ccc(OC3CCCCC3)cc2)cc1)Nc1ccccc1C(=O)O. The van der Waals surface area contributed by atoms with Gasteiger partial charge >= 0.3 is 5.97 Å². The maximum Gasteiger partial charge on any atom is 0.337 e. The molecule has 0 atom stereocenters. The van der Waals surface area contributed by atoms with E-state index in [1.807, 2.05) is 36.4 Å². The molecule has 4 rings (SSSR count). The number of hydrogen-bond donors (Lipinski definition) is 2. The lowest BCUT2D eigenvalue weighted by atomic mass is 9.98. The molecule has 3 aromatic rings. The van der Waals surface area contributed by atoms with Crippen molar-refractivity contribution in [2.45, 2.75) is 44.6 Å². The van der Waals surface area contributed by atoms with E-state index < -0.39 is 5.97 Å². The second-order valence-electron chi connectivity index (χ2n) is 8.17. The minimum atomic E-state index is -1.08. The number of carboxylic acids is 1. The lowest BCUT2D eigenvalue weighted by molar-refractivity contribution is -0.115. The van der Waals surface area contributed by atoms with E-state index in [9.17, 15) is 14.7 Å². The normalized spacial score (nSPS) is 13.8. The molecule has 0 aromatic heterocycles. The van der Waals surface area contributed by atoms with Gasteiger partial charge in [-0.2, -0.15) is 0 Å². The Morgan fingerprint density at radius 1 is 0.818 bits per heavy atom. The molecule has 0 spiro atoms. The molecule has 1 aliphatic rings. The number of carbonyl (C=O) groups excluding carboxylic acids is 1. The van der Waals surface area contributed by atoms with Crippen LogP contribution in [0, 0.1) is 0 Å². The highest BCUT2D eigenvalue weighted by atomic mass is 16.5. The number of benzene rings is 3. The number of anilines is 1. The van der Waals surface area contributed by atoms with Crippen molar-refractivity contribution in [1.82, 2.24) is 0 Å². The number of aromatic carboxylic acids is 1. The quantitative estimate of drug-likeness (QED) is 0.440. The van der Waals surface area contributed by atoms with Crippen LogP contribution in [0.5, 0.6) is 17.2 Å². The Morgan fingerprint density at radius 2 is 1.42 bits per heavy atom. The van der Waals surface area contributed by atoms with E-state index in [1.54, 1.807) is 30.3 Å². The minimum absolute atomic E-state index is 0.0600. The third-order valence-electron chi connectivity index (χ3n) is 5.63. The predicted octanol–water partition coefficient (Wildman–Crippen LogP) is 6.07. The molecule has 33 heavy (non-hydrogen) atoms. The van der Waals surface area contributed by atoms with Gasteiger partial charge in [0, 0.05) is 0 Å². The first-order valence-corrected chi connectivity index (χ1v) is 11.2. The van der Waals surface area contributed by atoms with Crippen molar-refractivity contribution in [3.8, 4) is 17.2 Å². The van der Waals surface area contributed by atoms with Gasteiger partial charge < -0.3 is 19.9 Å². The number of ether oxygens (including phenoxy) is 2. The summed E-state index contributed by atoms with van der Waals surface area (Å²) in [5.74, 6) is 0.866. The van der Waals surface area contributed by atoms with Crippen LogP contribution >= 0.6 is 0 Å². The molecule has 1 aliphatic carbocycles. The molecule has 1 amide bonds. The lowest BCUT2D eigenvalue weighted by Crippen LogP contribution is -2.19. The van der Waals surface area contributed by atoms with E-state index in [4.69, 9.17) is 9.47 Å². The number of rotatable bonds is 8. The zero-order chi connectivity index (χ0) is 23.0. The number of para-hydroxylation sites is 1. The van der Waals surface area contributed by atoms with Crippen molar-refractivity contribution in [2.24, 2.45) is 0 Å². The smallest absolute Gasteiger partial charge is 0.337 e. The average Bonchev–Trinajstić information content (AvgIpc) is 2.82. The first kappa shape index (κ1) is 22.4. The summed E-state index contributed by atoms with van der Waals surface area (Å²) in [5, 5.41) is 11.9. The molecule has 0 aliphatic heterocycles. The summed E-state index contributed by atoms with van der Waals surface area (Å²) < 4.78 is 11.9. The molecule has 1 saturated carbocycles. The maximum absolute atomic E-state index is 12.4. The Morgan fingerprint density at radius 3 is 2.09 bits per heavy atom. The van der Waals surface area contributed by atoms with Crippen LogP contribution in [0.2, 0.25) is 0 Å². The van der Waals surface area contributed by atoms with E-state index in [2.05, 4.69) is 5.32 Å². The Kier molecular flexibility index (Phi) is 7.25. The molecule has 6 nitrogen and oxygen atoms in total. The molecular formula is C27H27NO5. The van der Waals surface area contributed by atoms with E-state index in [0.29, 0.717) is 17.6 Å². The molecule has 0 unspecified atom stereocenters. The summed E-state index contributed by atoms with van der Waals surface area (Å²) in [4.78, 5) is 23.6. The molecule has 170 valence electrons. The minimum Gasteiger partial charge on any atom is -0.490 e. The first-order chi connectivity index (χ1) is 16.1. The van der Waals surface area contributed by atoms with Crippen molar-refractivity contribution < 1.29 is 24.2 Å². The van der Waals surface area contributed by atoms with E-state index in [0.717, 1.165) is 24.2 Å². The average molecular weight is 446 g/mol. The summed E-state index contributed by atoms with van der Waals surface area (Å²) in [6, 6.07) is 21.2. The molecule has 6 heteroatoms. The van der Waals surface area contributed by atoms with Gasteiger partial charge in [-0.15, -0.1) is 0 Å². The van der Waals surface area contributed by atoms with Crippen LogP contribution in [-0.2, 0) is 11.2 Å². The van der Waals surface area contributed by atoms with Crippen LogP contribution in [0.3, 0.4) is 0 Å². The van der Waals surface area contributed by atoms with E-state index >= 15 is 0 Å². The van der Waals surface area contributed by atoms with Crippen molar-refractivity contribution in [2.75, 3.05) is 5.32 Å². The van der Waals surface area contributed by atoms with Gasteiger partial charge in [-0.3, -0.25) is 4.79 Å². The fourth-order valence-electron chi connectivity index (χ4n) is 3.93. The van der Waals surface area contributed by atoms with Gasteiger partial charge in [0.2, 0.25) is 5.91 Å². The van der Waals surface area contributed by atoms with Gasteiger partial charge in [0.15, 0.2) is 0 Å². The van der Waals surface area contributed by atoms with Gasteiger partial charge in [0.25, 0.3) is 0 Å². The summed E-state index contributed by atoms with van der Waals surface area (Å²) in [5.41, 5.74) is 1.14. The van der Waals surface area contributed by atoms with Gasteiger partial charge in [-0.05, 0) is 79.8 Å². The zero-order valence-corrected chi connectivity index (χ0v) is 18.3. The summed E-state index contributed by atoms with van der Waals surface area (Å²) in [7, 11) is 0. The standard InChI is InChI=1S/C27H27NO5/c29-26(28-25-9-5-4-8-24(25)27(30)31)18-19-10-12-21(13-11-19)33-23-16-14-22(15-17-23)32-20-6-2-1-3-7-20/h4-5,8-17,20H,1-3,6-7,18H2,(H,28,29)(H,30,31). The van der Waals surface area contributed by atoms with Crippen LogP contribution in [0.25, 0.3) is 0 Å². The number of amides is 1. The summed E-state index contributed by atoms with van der Waals surface area (Å²) >= 11 is 0. The highest BCUT2D eigenvalue weighted by Crippen LogP contribution is 2.27. The molecule has 2 N–H and O–H groups in total. The highest BCUT2D eigenvalue weighted by Gasteiger charge is 2.15. The van der Waals surface area contributed by atoms with Crippen LogP contribution in [0.4, 0.5) is 5.69 Å². The molecule has 3 aromatic carbocycles. The summed E-state index contributed by atoms with van der Waals surface area (Å²) in [6.07, 6.45) is 6.45. The van der Waals surface area contributed by atoms with Crippen molar-refractivity contribution in [1.29, 1.82) is 0 Å². The van der Waals surface area contributed by atoms with Gasteiger partial charge in [0.1, 0.15) is 17.2 Å². The van der Waals surface area contributed by atoms with Gasteiger partial charge in [0.05, 0.1) is 23.8 Å². The second kappa shape index (κ2) is 10.7. The van der Waals surface area contributed by atoms with Crippen molar-refractivity contribution >= 4 is 17.6 Å². The number of nitrogens with one attached hydrogen (secondary N) is 1. The molecule has 0 bridgehead atoms. The topological polar surface area (TPSA) is 84.9 Å². The molecule has 0 radical (unpaired) electrons. The monoisotopic (exact) mass is 445 g/mol. The first-order valence-electron chi connectivity index (χ1n) is 11.2. The fraction of sp³-hybridized carbons (Fsp3) is 0.259. The Balaban J connectivity index is 1.30. The number of hydrogen-bond acceptors (Lipinski definition) is 4. The predicted molar refractivity (Wildman–Crippen MR) is 126 cm³/mol. The van der Waals surface area contributed by atoms with Crippen molar-refractivity contribution in [3.05, 3.63) is 83.9 Å². The van der Waals surface area contributed by atoms with Crippen molar-refractivity contribution in [3.63, 3.8) is 0 Å². The number of carbonyl (C=O) groups is 2. The summed E-state index contributed by atoms with van der Waals surface area (Å²) in [6.45, 7) is 0. The lowest BCUT2D eigenvalue weighted by Gasteiger charge is -2.23. The Labute approximate surface area is 193 Å². The molecule has 0 saturated heterocycles. The molecule has 1 fully saturated rings. The largest absolute Gasteiger partial charge is 0.490 e. The molecular weight excluding hydrogens is 418 g/mol. The fourth-order valence-corrected chi connectivity index (χ4v) is 3.93. The van der Waals surface area contributed by atoms with Crippen LogP contribution in [0.1, 0.15) is 48.0 Å². The van der Waals surface area contributed by atoms with Gasteiger partial charge in [-0.1, -0.05) is 30.7 Å². The van der Waals surface area contributed by atoms with Crippen LogP contribution in [0.15, 0.2) is 72.8 Å². The van der Waals surface area contributed by atoms with E-state index in [-0.39, 0.29) is 23.6 Å². The maximum atomic E-state index is 12.4. The van der Waals surface area contributed by atoms with Gasteiger partial charge in [-0.25, -0.2) is 4.79 Å². The Hall–Kier alpha value is -3.80. The van der Waals surface area contributed by atoms with Crippen LogP contribution < -0.4 is 14.8 Å². The third kappa shape index (κ3) is 6.35. The van der Waals surface area contributed by atoms with Crippen LogP contribution in [-0.4, -0.2) is 23.1 Å². The highest BCUT2D eigenvalue weighted by molar-refractivity contribution is 6.00. The number of carboxylic acid groups (broad SMARTS) is 1. The molecule has 0 heterocycles. The van der Waals surface area contributed by atoms with E-state index in [1.165, 1.54) is 25.3 Å².